The van der Waals surface area contributed by atoms with Gasteiger partial charge in [0.15, 0.2) is 11.5 Å². The van der Waals surface area contributed by atoms with Gasteiger partial charge in [-0.05, 0) is 0 Å². The van der Waals surface area contributed by atoms with E-state index in [1.807, 2.05) is 0 Å². The van der Waals surface area contributed by atoms with E-state index in [2.05, 4.69) is 4.74 Å². The quantitative estimate of drug-likeness (QED) is 0.785. The fourth-order valence-corrected chi connectivity index (χ4v) is 1.14. The molecule has 2 N–H and O–H groups in total. The molecule has 0 saturated carbocycles. The number of methoxy groups -OCH3 is 2. The second-order valence-electron chi connectivity index (χ2n) is 2.63. The molecule has 0 aliphatic rings. The van der Waals surface area contributed by atoms with Gasteiger partial charge >= 0.3 is 6.61 Å². The highest BCUT2D eigenvalue weighted by atomic mass is 19.3. The van der Waals surface area contributed by atoms with E-state index >= 15 is 0 Å². The van der Waals surface area contributed by atoms with Crippen LogP contribution in [-0.2, 0) is 0 Å². The lowest BCUT2D eigenvalue weighted by molar-refractivity contribution is -0.0499. The minimum atomic E-state index is -2.90. The molecular formula is C9H11F2NO3. The van der Waals surface area contributed by atoms with E-state index in [9.17, 15) is 8.78 Å². The van der Waals surface area contributed by atoms with Crippen molar-refractivity contribution in [3.05, 3.63) is 12.1 Å². The second-order valence-corrected chi connectivity index (χ2v) is 2.63. The summed E-state index contributed by atoms with van der Waals surface area (Å²) < 4.78 is 37.9. The Labute approximate surface area is 85.5 Å². The molecule has 0 aliphatic carbocycles. The highest BCUT2D eigenvalue weighted by Crippen LogP contribution is 2.37. The van der Waals surface area contributed by atoms with Crippen molar-refractivity contribution in [1.29, 1.82) is 0 Å². The minimum absolute atomic E-state index is 0.0693. The lowest BCUT2D eigenvalue weighted by Gasteiger charge is -2.12. The fourth-order valence-electron chi connectivity index (χ4n) is 1.14. The molecule has 0 heterocycles. The standard InChI is InChI=1S/C9H11F2NO3/c1-13-7-4-5(15-9(10)11)3-6(12)8(7)14-2/h3-4,9H,12H2,1-2H3. The van der Waals surface area contributed by atoms with E-state index in [1.165, 1.54) is 26.4 Å². The number of halogens is 2. The van der Waals surface area contributed by atoms with Crippen molar-refractivity contribution in [3.8, 4) is 17.2 Å². The first kappa shape index (κ1) is 11.4. The zero-order valence-corrected chi connectivity index (χ0v) is 8.29. The molecule has 1 rings (SSSR count). The number of alkyl halides is 2. The summed E-state index contributed by atoms with van der Waals surface area (Å²) in [4.78, 5) is 0. The van der Waals surface area contributed by atoms with Crippen molar-refractivity contribution >= 4 is 5.69 Å². The highest BCUT2D eigenvalue weighted by Gasteiger charge is 2.13. The van der Waals surface area contributed by atoms with Crippen LogP contribution in [0.1, 0.15) is 0 Å². The van der Waals surface area contributed by atoms with E-state index in [4.69, 9.17) is 15.2 Å². The van der Waals surface area contributed by atoms with Gasteiger partial charge in [0.2, 0.25) is 0 Å². The Balaban J connectivity index is 3.08. The zero-order chi connectivity index (χ0) is 11.4. The fraction of sp³-hybridized carbons (Fsp3) is 0.333. The first-order valence-corrected chi connectivity index (χ1v) is 4.04. The SMILES string of the molecule is COc1cc(OC(F)F)cc(N)c1OC. The van der Waals surface area contributed by atoms with Gasteiger partial charge in [-0.25, -0.2) is 0 Å². The van der Waals surface area contributed by atoms with Gasteiger partial charge in [-0.15, -0.1) is 0 Å². The molecule has 0 atom stereocenters. The second kappa shape index (κ2) is 4.68. The number of nitrogens with two attached hydrogens (primary N) is 1. The molecule has 0 unspecified atom stereocenters. The van der Waals surface area contributed by atoms with Crippen molar-refractivity contribution in [2.45, 2.75) is 6.61 Å². The van der Waals surface area contributed by atoms with Gasteiger partial charge in [-0.1, -0.05) is 0 Å². The third kappa shape index (κ3) is 2.61. The molecule has 0 bridgehead atoms. The van der Waals surface area contributed by atoms with E-state index in [-0.39, 0.29) is 17.2 Å². The summed E-state index contributed by atoms with van der Waals surface area (Å²) in [7, 11) is 2.78. The molecule has 1 aromatic rings. The summed E-state index contributed by atoms with van der Waals surface area (Å²) in [5, 5.41) is 0. The Morgan fingerprint density at radius 1 is 1.20 bits per heavy atom. The van der Waals surface area contributed by atoms with Crippen LogP contribution < -0.4 is 19.9 Å². The minimum Gasteiger partial charge on any atom is -0.493 e. The van der Waals surface area contributed by atoms with Crippen LogP contribution in [0.5, 0.6) is 17.2 Å². The number of benzene rings is 1. The van der Waals surface area contributed by atoms with Crippen LogP contribution >= 0.6 is 0 Å². The Bertz CT molecular complexity index is 344. The van der Waals surface area contributed by atoms with Crippen LogP contribution in [0.3, 0.4) is 0 Å². The molecule has 0 aromatic heterocycles. The van der Waals surface area contributed by atoms with Crippen molar-refractivity contribution in [1.82, 2.24) is 0 Å². The lowest BCUT2D eigenvalue weighted by atomic mass is 10.2. The number of nitrogen functional groups attached to an aromatic ring is 1. The molecule has 4 nitrogen and oxygen atoms in total. The summed E-state index contributed by atoms with van der Waals surface area (Å²) >= 11 is 0. The van der Waals surface area contributed by atoms with Crippen LogP contribution in [0.2, 0.25) is 0 Å². The summed E-state index contributed by atoms with van der Waals surface area (Å²) in [6.07, 6.45) is 0. The molecule has 0 fully saturated rings. The molecule has 0 radical (unpaired) electrons. The lowest BCUT2D eigenvalue weighted by Crippen LogP contribution is -2.04. The number of rotatable bonds is 4. The summed E-state index contributed by atoms with van der Waals surface area (Å²) in [6, 6.07) is 2.52. The van der Waals surface area contributed by atoms with Gasteiger partial charge in [-0.2, -0.15) is 8.78 Å². The largest absolute Gasteiger partial charge is 0.493 e. The molecule has 0 saturated heterocycles. The maximum Gasteiger partial charge on any atom is 0.387 e. The van der Waals surface area contributed by atoms with Gasteiger partial charge in [0.05, 0.1) is 19.9 Å². The molecule has 0 spiro atoms. The Hall–Kier alpha value is -1.72. The number of hydrogen-bond acceptors (Lipinski definition) is 4. The zero-order valence-electron chi connectivity index (χ0n) is 8.29. The number of hydrogen-bond donors (Lipinski definition) is 1. The predicted molar refractivity (Wildman–Crippen MR) is 50.6 cm³/mol. The monoisotopic (exact) mass is 219 g/mol. The molecule has 0 amide bonds. The molecular weight excluding hydrogens is 208 g/mol. The van der Waals surface area contributed by atoms with Crippen LogP contribution in [0.25, 0.3) is 0 Å². The third-order valence-electron chi connectivity index (χ3n) is 1.71. The van der Waals surface area contributed by atoms with E-state index in [0.717, 1.165) is 0 Å². The number of ether oxygens (including phenoxy) is 3. The van der Waals surface area contributed by atoms with Crippen LogP contribution in [0.15, 0.2) is 12.1 Å². The first-order chi connectivity index (χ1) is 7.08. The van der Waals surface area contributed by atoms with Crippen molar-refractivity contribution < 1.29 is 23.0 Å². The normalized spacial score (nSPS) is 10.2. The summed E-state index contributed by atoms with van der Waals surface area (Å²) in [5.41, 5.74) is 5.73. The van der Waals surface area contributed by atoms with Crippen LogP contribution in [-0.4, -0.2) is 20.8 Å². The van der Waals surface area contributed by atoms with Gasteiger partial charge in [0.1, 0.15) is 5.75 Å². The predicted octanol–water partition coefficient (Wildman–Crippen LogP) is 1.89. The van der Waals surface area contributed by atoms with Gasteiger partial charge in [0, 0.05) is 12.1 Å². The van der Waals surface area contributed by atoms with E-state index in [1.54, 1.807) is 0 Å². The van der Waals surface area contributed by atoms with Crippen LogP contribution in [0.4, 0.5) is 14.5 Å². The Morgan fingerprint density at radius 3 is 2.33 bits per heavy atom. The summed E-state index contributed by atoms with van der Waals surface area (Å²) in [5.74, 6) is 0.465. The maximum absolute atomic E-state index is 11.9. The topological polar surface area (TPSA) is 53.7 Å². The molecule has 84 valence electrons. The van der Waals surface area contributed by atoms with Gasteiger partial charge < -0.3 is 19.9 Å². The average Bonchev–Trinajstić information content (AvgIpc) is 2.15. The highest BCUT2D eigenvalue weighted by molar-refractivity contribution is 5.63. The van der Waals surface area contributed by atoms with Crippen molar-refractivity contribution in [3.63, 3.8) is 0 Å². The van der Waals surface area contributed by atoms with Crippen LogP contribution in [0, 0.1) is 0 Å². The smallest absolute Gasteiger partial charge is 0.387 e. The first-order valence-electron chi connectivity index (χ1n) is 4.04. The average molecular weight is 219 g/mol. The molecule has 0 aliphatic heterocycles. The molecule has 1 aromatic carbocycles. The summed E-state index contributed by atoms with van der Waals surface area (Å²) in [6.45, 7) is -2.90. The van der Waals surface area contributed by atoms with E-state index in [0.29, 0.717) is 5.75 Å². The van der Waals surface area contributed by atoms with Gasteiger partial charge in [0.25, 0.3) is 0 Å². The Morgan fingerprint density at radius 2 is 1.87 bits per heavy atom. The Kier molecular flexibility index (Phi) is 3.54. The maximum atomic E-state index is 11.9. The van der Waals surface area contributed by atoms with Crippen molar-refractivity contribution in [2.75, 3.05) is 20.0 Å². The molecule has 15 heavy (non-hydrogen) atoms. The van der Waals surface area contributed by atoms with E-state index < -0.39 is 6.61 Å². The molecule has 6 heteroatoms. The van der Waals surface area contributed by atoms with Crippen molar-refractivity contribution in [2.24, 2.45) is 0 Å². The third-order valence-corrected chi connectivity index (χ3v) is 1.71. The van der Waals surface area contributed by atoms with Gasteiger partial charge in [-0.3, -0.25) is 0 Å². The number of anilines is 1.